The molecule has 0 amide bonds. The number of hydrogen-bond donors (Lipinski definition) is 0. The van der Waals surface area contributed by atoms with Crippen LogP contribution in [0, 0.1) is 5.41 Å². The first-order chi connectivity index (χ1) is 8.68. The summed E-state index contributed by atoms with van der Waals surface area (Å²) in [6, 6.07) is 9.73. The predicted octanol–water partition coefficient (Wildman–Crippen LogP) is 1.78. The van der Waals surface area contributed by atoms with Gasteiger partial charge in [0, 0.05) is 5.41 Å². The van der Waals surface area contributed by atoms with E-state index in [1.807, 2.05) is 37.3 Å². The second kappa shape index (κ2) is 5.98. The molecule has 2 rings (SSSR count). The molecule has 4 nitrogen and oxygen atoms in total. The molecule has 98 valence electrons. The number of hydrogen-bond acceptors (Lipinski definition) is 4. The highest BCUT2D eigenvalue weighted by Gasteiger charge is 2.34. The third kappa shape index (κ3) is 3.82. The SMILES string of the molecule is CC1(COC(=O)COCc2ccccc2)COC1. The summed E-state index contributed by atoms with van der Waals surface area (Å²) in [6.07, 6.45) is 0. The van der Waals surface area contributed by atoms with Gasteiger partial charge in [-0.2, -0.15) is 0 Å². The van der Waals surface area contributed by atoms with Crippen LogP contribution in [-0.2, 0) is 25.6 Å². The maximum Gasteiger partial charge on any atom is 0.332 e. The first kappa shape index (κ1) is 13.1. The van der Waals surface area contributed by atoms with Gasteiger partial charge in [0.2, 0.25) is 0 Å². The second-order valence-electron chi connectivity index (χ2n) is 4.94. The van der Waals surface area contributed by atoms with Crippen molar-refractivity contribution < 1.29 is 19.0 Å². The van der Waals surface area contributed by atoms with Crippen molar-refractivity contribution in [2.75, 3.05) is 26.4 Å². The molecule has 1 saturated heterocycles. The van der Waals surface area contributed by atoms with E-state index in [2.05, 4.69) is 0 Å². The van der Waals surface area contributed by atoms with E-state index in [1.165, 1.54) is 0 Å². The van der Waals surface area contributed by atoms with Crippen LogP contribution in [0.2, 0.25) is 0 Å². The fraction of sp³-hybridized carbons (Fsp3) is 0.500. The lowest BCUT2D eigenvalue weighted by molar-refractivity contribution is -0.169. The molecule has 1 heterocycles. The number of carbonyl (C=O) groups excluding carboxylic acids is 1. The Balaban J connectivity index is 1.60. The van der Waals surface area contributed by atoms with E-state index in [-0.39, 0.29) is 18.0 Å². The lowest BCUT2D eigenvalue weighted by atomic mass is 9.90. The van der Waals surface area contributed by atoms with Crippen LogP contribution in [0.4, 0.5) is 0 Å². The lowest BCUT2D eigenvalue weighted by Gasteiger charge is -2.37. The van der Waals surface area contributed by atoms with Crippen molar-refractivity contribution in [3.63, 3.8) is 0 Å². The van der Waals surface area contributed by atoms with Gasteiger partial charge in [-0.1, -0.05) is 37.3 Å². The Hall–Kier alpha value is -1.39. The van der Waals surface area contributed by atoms with Gasteiger partial charge in [-0.05, 0) is 5.56 Å². The maximum atomic E-state index is 11.4. The topological polar surface area (TPSA) is 44.8 Å². The van der Waals surface area contributed by atoms with Crippen LogP contribution in [-0.4, -0.2) is 32.4 Å². The van der Waals surface area contributed by atoms with Crippen molar-refractivity contribution in [1.29, 1.82) is 0 Å². The van der Waals surface area contributed by atoms with Gasteiger partial charge in [0.15, 0.2) is 0 Å². The van der Waals surface area contributed by atoms with E-state index in [4.69, 9.17) is 14.2 Å². The molecule has 0 atom stereocenters. The first-order valence-corrected chi connectivity index (χ1v) is 6.03. The molecule has 0 spiro atoms. The van der Waals surface area contributed by atoms with Crippen molar-refractivity contribution >= 4 is 5.97 Å². The minimum atomic E-state index is -0.320. The molecule has 1 aliphatic rings. The van der Waals surface area contributed by atoms with Crippen molar-refractivity contribution in [2.24, 2.45) is 5.41 Å². The van der Waals surface area contributed by atoms with Crippen molar-refractivity contribution in [2.45, 2.75) is 13.5 Å². The predicted molar refractivity (Wildman–Crippen MR) is 66.0 cm³/mol. The molecule has 4 heteroatoms. The normalized spacial score (nSPS) is 16.9. The summed E-state index contributed by atoms with van der Waals surface area (Å²) in [5.74, 6) is -0.320. The quantitative estimate of drug-likeness (QED) is 0.722. The summed E-state index contributed by atoms with van der Waals surface area (Å²) >= 11 is 0. The lowest BCUT2D eigenvalue weighted by Crippen LogP contribution is -2.44. The fourth-order valence-electron chi connectivity index (χ4n) is 1.66. The average Bonchev–Trinajstić information content (AvgIpc) is 2.35. The summed E-state index contributed by atoms with van der Waals surface area (Å²) < 4.78 is 15.5. The summed E-state index contributed by atoms with van der Waals surface area (Å²) in [6.45, 7) is 4.17. The third-order valence-electron chi connectivity index (χ3n) is 2.81. The molecule has 0 saturated carbocycles. The van der Waals surface area contributed by atoms with Gasteiger partial charge >= 0.3 is 5.97 Å². The molecule has 0 aliphatic carbocycles. The van der Waals surface area contributed by atoms with Crippen molar-refractivity contribution in [3.05, 3.63) is 35.9 Å². The van der Waals surface area contributed by atoms with Gasteiger partial charge in [0.05, 0.1) is 19.8 Å². The van der Waals surface area contributed by atoms with Crippen LogP contribution < -0.4 is 0 Å². The highest BCUT2D eigenvalue weighted by molar-refractivity contribution is 5.70. The van der Waals surface area contributed by atoms with E-state index in [0.29, 0.717) is 26.4 Å². The Bertz CT molecular complexity index is 384. The number of rotatable bonds is 6. The molecular weight excluding hydrogens is 232 g/mol. The minimum Gasteiger partial charge on any atom is -0.463 e. The van der Waals surface area contributed by atoms with Gasteiger partial charge in [-0.3, -0.25) is 0 Å². The molecule has 1 aliphatic heterocycles. The Kier molecular flexibility index (Phi) is 4.33. The van der Waals surface area contributed by atoms with E-state index in [1.54, 1.807) is 0 Å². The van der Waals surface area contributed by atoms with Crippen LogP contribution >= 0.6 is 0 Å². The molecule has 0 radical (unpaired) electrons. The Morgan fingerprint density at radius 3 is 2.67 bits per heavy atom. The molecule has 1 fully saturated rings. The molecular formula is C14H18O4. The summed E-state index contributed by atoms with van der Waals surface area (Å²) in [7, 11) is 0. The van der Waals surface area contributed by atoms with Gasteiger partial charge in [-0.25, -0.2) is 4.79 Å². The molecule has 0 N–H and O–H groups in total. The smallest absolute Gasteiger partial charge is 0.332 e. The molecule has 0 aromatic heterocycles. The Morgan fingerprint density at radius 1 is 1.33 bits per heavy atom. The third-order valence-corrected chi connectivity index (χ3v) is 2.81. The minimum absolute atomic E-state index is 0.00487. The molecule has 18 heavy (non-hydrogen) atoms. The van der Waals surface area contributed by atoms with Gasteiger partial charge in [0.25, 0.3) is 0 Å². The number of esters is 1. The van der Waals surface area contributed by atoms with Gasteiger partial charge in [0.1, 0.15) is 13.2 Å². The fourth-order valence-corrected chi connectivity index (χ4v) is 1.66. The van der Waals surface area contributed by atoms with Crippen molar-refractivity contribution in [3.8, 4) is 0 Å². The highest BCUT2D eigenvalue weighted by Crippen LogP contribution is 2.26. The number of carbonyl (C=O) groups is 1. The molecule has 0 unspecified atom stereocenters. The van der Waals surface area contributed by atoms with E-state index >= 15 is 0 Å². The summed E-state index contributed by atoms with van der Waals surface area (Å²) in [5, 5.41) is 0. The Labute approximate surface area is 107 Å². The number of benzene rings is 1. The van der Waals surface area contributed by atoms with Crippen LogP contribution in [0.25, 0.3) is 0 Å². The zero-order valence-electron chi connectivity index (χ0n) is 10.6. The largest absolute Gasteiger partial charge is 0.463 e. The number of ether oxygens (including phenoxy) is 3. The van der Waals surface area contributed by atoms with E-state index in [0.717, 1.165) is 5.56 Å². The maximum absolute atomic E-state index is 11.4. The van der Waals surface area contributed by atoms with E-state index < -0.39 is 0 Å². The first-order valence-electron chi connectivity index (χ1n) is 6.03. The van der Waals surface area contributed by atoms with E-state index in [9.17, 15) is 4.79 Å². The van der Waals surface area contributed by atoms with Gasteiger partial charge < -0.3 is 14.2 Å². The van der Waals surface area contributed by atoms with Crippen LogP contribution in [0.3, 0.4) is 0 Å². The molecule has 1 aromatic carbocycles. The van der Waals surface area contributed by atoms with Crippen molar-refractivity contribution in [1.82, 2.24) is 0 Å². The average molecular weight is 250 g/mol. The zero-order valence-corrected chi connectivity index (χ0v) is 10.6. The monoisotopic (exact) mass is 250 g/mol. The van der Waals surface area contributed by atoms with Crippen LogP contribution in [0.1, 0.15) is 12.5 Å². The standard InChI is InChI=1S/C14H18O4/c1-14(9-17-10-14)11-18-13(15)8-16-7-12-5-3-2-4-6-12/h2-6H,7-11H2,1H3. The Morgan fingerprint density at radius 2 is 2.06 bits per heavy atom. The molecule has 0 bridgehead atoms. The highest BCUT2D eigenvalue weighted by atomic mass is 16.6. The summed E-state index contributed by atoms with van der Waals surface area (Å²) in [4.78, 5) is 11.4. The summed E-state index contributed by atoms with van der Waals surface area (Å²) in [5.41, 5.74) is 1.04. The molecule has 1 aromatic rings. The second-order valence-corrected chi connectivity index (χ2v) is 4.94. The van der Waals surface area contributed by atoms with Gasteiger partial charge in [-0.15, -0.1) is 0 Å². The zero-order chi connectivity index (χ0) is 12.8. The van der Waals surface area contributed by atoms with Crippen LogP contribution in [0.5, 0.6) is 0 Å². The van der Waals surface area contributed by atoms with Crippen LogP contribution in [0.15, 0.2) is 30.3 Å².